The molecule has 0 aromatic carbocycles. The third-order valence-corrected chi connectivity index (χ3v) is 3.57. The van der Waals surface area contributed by atoms with Crippen LogP contribution < -0.4 is 5.32 Å². The Hall–Kier alpha value is -2.33. The van der Waals surface area contributed by atoms with E-state index in [2.05, 4.69) is 5.32 Å². The molecule has 1 N–H and O–H groups in total. The van der Waals surface area contributed by atoms with E-state index in [1.165, 1.54) is 17.5 Å². The smallest absolute Gasteiger partial charge is 0.350 e. The Kier molecular flexibility index (Phi) is 6.34. The monoisotopic (exact) mass is 336 g/mol. The van der Waals surface area contributed by atoms with Gasteiger partial charge in [-0.3, -0.25) is 0 Å². The molecule has 0 aliphatic carbocycles. The van der Waals surface area contributed by atoms with E-state index in [4.69, 9.17) is 14.7 Å². The second kappa shape index (κ2) is 7.79. The lowest BCUT2D eigenvalue weighted by Gasteiger charge is -2.18. The number of hydrogen-bond donors (Lipinski definition) is 1. The summed E-state index contributed by atoms with van der Waals surface area (Å²) >= 11 is 1.29. The highest BCUT2D eigenvalue weighted by molar-refractivity contribution is 7.14. The lowest BCUT2D eigenvalue weighted by molar-refractivity contribution is -0.149. The van der Waals surface area contributed by atoms with Crippen LogP contribution in [0.3, 0.4) is 0 Å². The Morgan fingerprint density at radius 3 is 2.61 bits per heavy atom. The molecule has 0 saturated carbocycles. The van der Waals surface area contributed by atoms with Crippen LogP contribution in [0.5, 0.6) is 0 Å². The van der Waals surface area contributed by atoms with Crippen molar-refractivity contribution in [3.63, 3.8) is 0 Å². The molecule has 0 aliphatic rings. The lowest BCUT2D eigenvalue weighted by atomic mass is 10.2. The number of nitriles is 1. The van der Waals surface area contributed by atoms with Gasteiger partial charge in [0.1, 0.15) is 16.7 Å². The summed E-state index contributed by atoms with van der Waals surface area (Å²) in [6, 6.07) is 1.79. The molecule has 0 bridgehead atoms. The summed E-state index contributed by atoms with van der Waals surface area (Å²) in [4.78, 5) is 23.8. The van der Waals surface area contributed by atoms with Crippen molar-refractivity contribution in [2.75, 3.05) is 11.9 Å². The molecule has 6 nitrogen and oxygen atoms in total. The fourth-order valence-corrected chi connectivity index (χ4v) is 2.52. The van der Waals surface area contributed by atoms with Gasteiger partial charge in [0.2, 0.25) is 0 Å². The number of thiophene rings is 1. The van der Waals surface area contributed by atoms with Crippen LogP contribution in [0.15, 0.2) is 17.2 Å². The van der Waals surface area contributed by atoms with Gasteiger partial charge in [0, 0.05) is 6.20 Å². The van der Waals surface area contributed by atoms with Crippen LogP contribution in [0.4, 0.5) is 5.00 Å². The Balaban J connectivity index is 2.97. The van der Waals surface area contributed by atoms with Crippen molar-refractivity contribution in [1.82, 2.24) is 0 Å². The van der Waals surface area contributed by atoms with Gasteiger partial charge in [-0.25, -0.2) is 9.59 Å². The zero-order chi connectivity index (χ0) is 17.6. The summed E-state index contributed by atoms with van der Waals surface area (Å²) in [6.07, 6.45) is 1.24. The van der Waals surface area contributed by atoms with Crippen molar-refractivity contribution in [1.29, 1.82) is 5.26 Å². The zero-order valence-corrected chi connectivity index (χ0v) is 14.7. The van der Waals surface area contributed by atoms with Crippen LogP contribution in [0, 0.1) is 18.3 Å². The quantitative estimate of drug-likeness (QED) is 0.504. The average molecular weight is 336 g/mol. The Morgan fingerprint density at radius 1 is 1.43 bits per heavy atom. The summed E-state index contributed by atoms with van der Waals surface area (Å²) in [5, 5.41) is 14.2. The molecule has 1 rings (SSSR count). The lowest BCUT2D eigenvalue weighted by Crippen LogP contribution is -2.24. The van der Waals surface area contributed by atoms with Crippen molar-refractivity contribution in [3.8, 4) is 6.07 Å². The van der Waals surface area contributed by atoms with Crippen LogP contribution in [0.1, 0.15) is 43.6 Å². The molecular formula is C16H20N2O4S. The van der Waals surface area contributed by atoms with Gasteiger partial charge in [-0.2, -0.15) is 5.26 Å². The van der Waals surface area contributed by atoms with Crippen molar-refractivity contribution in [2.24, 2.45) is 0 Å². The highest BCUT2D eigenvalue weighted by Gasteiger charge is 2.21. The van der Waals surface area contributed by atoms with Gasteiger partial charge in [-0.05, 0) is 45.6 Å². The molecule has 0 spiro atoms. The number of ether oxygens (including phenoxy) is 2. The number of esters is 2. The predicted molar refractivity (Wildman–Crippen MR) is 88.2 cm³/mol. The minimum Gasteiger partial charge on any atom is -0.462 e. The van der Waals surface area contributed by atoms with Crippen molar-refractivity contribution in [3.05, 3.63) is 28.3 Å². The van der Waals surface area contributed by atoms with E-state index in [-0.39, 0.29) is 12.2 Å². The molecule has 0 unspecified atom stereocenters. The number of nitrogens with zero attached hydrogens (tertiary/aromatic N) is 1. The van der Waals surface area contributed by atoms with Crippen molar-refractivity contribution < 1.29 is 19.1 Å². The van der Waals surface area contributed by atoms with E-state index < -0.39 is 17.5 Å². The number of aryl methyl sites for hydroxylation is 1. The summed E-state index contributed by atoms with van der Waals surface area (Å²) < 4.78 is 10.1. The molecule has 0 saturated heterocycles. The maximum absolute atomic E-state index is 12.0. The molecule has 0 radical (unpaired) electrons. The molecule has 0 amide bonds. The first-order chi connectivity index (χ1) is 10.7. The van der Waals surface area contributed by atoms with E-state index in [9.17, 15) is 9.59 Å². The molecule has 23 heavy (non-hydrogen) atoms. The number of hydrogen-bond acceptors (Lipinski definition) is 7. The Labute approximate surface area is 139 Å². The van der Waals surface area contributed by atoms with Crippen LogP contribution in [0.25, 0.3) is 0 Å². The minimum absolute atomic E-state index is 0.180. The third-order valence-electron chi connectivity index (χ3n) is 2.54. The molecule has 7 heteroatoms. The first-order valence-electron chi connectivity index (χ1n) is 7.05. The van der Waals surface area contributed by atoms with E-state index in [0.717, 1.165) is 5.56 Å². The Bertz CT molecular complexity index is 663. The van der Waals surface area contributed by atoms with Gasteiger partial charge in [-0.1, -0.05) is 0 Å². The van der Waals surface area contributed by atoms with Crippen molar-refractivity contribution in [2.45, 2.75) is 40.2 Å². The number of anilines is 1. The second-order valence-electron chi connectivity index (χ2n) is 5.66. The molecule has 0 fully saturated rings. The molecule has 1 aromatic heterocycles. The highest BCUT2D eigenvalue weighted by Crippen LogP contribution is 2.28. The number of rotatable bonds is 5. The van der Waals surface area contributed by atoms with E-state index in [1.807, 2.05) is 0 Å². The summed E-state index contributed by atoms with van der Waals surface area (Å²) in [5.41, 5.74) is 0.290. The largest absolute Gasteiger partial charge is 0.462 e. The summed E-state index contributed by atoms with van der Waals surface area (Å²) in [7, 11) is 0. The van der Waals surface area contributed by atoms with Crippen LogP contribution >= 0.6 is 11.3 Å². The third kappa shape index (κ3) is 5.42. The number of carbonyl (C=O) groups is 2. The summed E-state index contributed by atoms with van der Waals surface area (Å²) in [6.45, 7) is 8.93. The standard InChI is InChI=1S/C16H20N2O4S/c1-6-21-15(20)12-10(2)9-23-13(12)18-8-11(7-17)14(19)22-16(3,4)5/h8-9,18H,6H2,1-5H3. The fraction of sp³-hybridized carbons (Fsp3) is 0.438. The van der Waals surface area contributed by atoms with Gasteiger partial charge in [-0.15, -0.1) is 11.3 Å². The maximum Gasteiger partial charge on any atom is 0.350 e. The average Bonchev–Trinajstić information content (AvgIpc) is 2.79. The first-order valence-corrected chi connectivity index (χ1v) is 7.93. The van der Waals surface area contributed by atoms with Gasteiger partial charge in [0.05, 0.1) is 12.2 Å². The topological polar surface area (TPSA) is 88.4 Å². The van der Waals surface area contributed by atoms with Crippen molar-refractivity contribution >= 4 is 28.3 Å². The van der Waals surface area contributed by atoms with E-state index >= 15 is 0 Å². The van der Waals surface area contributed by atoms with Crippen LogP contribution in [-0.4, -0.2) is 24.1 Å². The fourth-order valence-electron chi connectivity index (χ4n) is 1.62. The molecule has 0 aliphatic heterocycles. The minimum atomic E-state index is -0.724. The predicted octanol–water partition coefficient (Wildman–Crippen LogP) is 3.39. The molecule has 0 atom stereocenters. The Morgan fingerprint density at radius 2 is 2.09 bits per heavy atom. The van der Waals surface area contributed by atoms with Crippen LogP contribution in [0.2, 0.25) is 0 Å². The molecule has 124 valence electrons. The maximum atomic E-state index is 12.0. The number of carbonyl (C=O) groups excluding carboxylic acids is 2. The first kappa shape index (κ1) is 18.7. The molecular weight excluding hydrogens is 316 g/mol. The van der Waals surface area contributed by atoms with Gasteiger partial charge >= 0.3 is 11.9 Å². The zero-order valence-electron chi connectivity index (χ0n) is 13.9. The van der Waals surface area contributed by atoms with E-state index in [0.29, 0.717) is 10.6 Å². The van der Waals surface area contributed by atoms with Crippen LogP contribution in [-0.2, 0) is 14.3 Å². The second-order valence-corrected chi connectivity index (χ2v) is 6.54. The molecule has 1 heterocycles. The molecule has 1 aromatic rings. The van der Waals surface area contributed by atoms with Gasteiger partial charge < -0.3 is 14.8 Å². The summed E-state index contributed by atoms with van der Waals surface area (Å²) in [5.74, 6) is -1.17. The van der Waals surface area contributed by atoms with E-state index in [1.54, 1.807) is 46.1 Å². The highest BCUT2D eigenvalue weighted by atomic mass is 32.1. The normalized spacial score (nSPS) is 11.6. The van der Waals surface area contributed by atoms with Gasteiger partial charge in [0.25, 0.3) is 0 Å². The van der Waals surface area contributed by atoms with Gasteiger partial charge in [0.15, 0.2) is 5.57 Å². The SMILES string of the molecule is CCOC(=O)c1c(C)csc1NC=C(C#N)C(=O)OC(C)(C)C. The number of nitrogens with one attached hydrogen (secondary N) is 1.